The monoisotopic (exact) mass is 293 g/mol. The topological polar surface area (TPSA) is 63.3 Å². The van der Waals surface area contributed by atoms with Gasteiger partial charge in [0.25, 0.3) is 0 Å². The first kappa shape index (κ1) is 13.1. The van der Waals surface area contributed by atoms with Crippen molar-refractivity contribution >= 4 is 21.9 Å². The molecular weight excluding hydrogens is 284 g/mol. The Labute approximate surface area is 99.4 Å². The molecule has 0 saturated heterocycles. The van der Waals surface area contributed by atoms with Crippen LogP contribution in [0.2, 0.25) is 0 Å². The van der Waals surface area contributed by atoms with Crippen LogP contribution >= 0.6 is 15.9 Å². The zero-order chi connectivity index (χ0) is 12.3. The number of aliphatic carboxylic acids is 1. The molecule has 0 bridgehead atoms. The number of benzene rings is 1. The Hall–Kier alpha value is -1.01. The van der Waals surface area contributed by atoms with Crippen molar-refractivity contribution in [3.8, 4) is 0 Å². The molecule has 0 radical (unpaired) electrons. The van der Waals surface area contributed by atoms with Crippen molar-refractivity contribution < 1.29 is 18.7 Å². The van der Waals surface area contributed by atoms with Crippen molar-refractivity contribution in [2.24, 2.45) is 5.73 Å². The Morgan fingerprint density at radius 2 is 2.12 bits per heavy atom. The lowest BCUT2D eigenvalue weighted by Gasteiger charge is -2.11. The standard InChI is InChI=1S/C10H10BrF2NO2/c11-6-3-5(4-7(12)10(6)13)8(14)1-2-9(15)16/h3-4,8H,1-2,14H2,(H,15,16). The summed E-state index contributed by atoms with van der Waals surface area (Å²) in [6, 6.07) is 1.71. The molecule has 3 N–H and O–H groups in total. The van der Waals surface area contributed by atoms with Gasteiger partial charge in [-0.25, -0.2) is 8.78 Å². The molecule has 0 saturated carbocycles. The molecule has 16 heavy (non-hydrogen) atoms. The van der Waals surface area contributed by atoms with E-state index in [4.69, 9.17) is 10.8 Å². The lowest BCUT2D eigenvalue weighted by Crippen LogP contribution is -2.13. The largest absolute Gasteiger partial charge is 0.481 e. The Morgan fingerprint density at radius 1 is 1.50 bits per heavy atom. The minimum atomic E-state index is -1.00. The minimum Gasteiger partial charge on any atom is -0.481 e. The molecule has 0 amide bonds. The van der Waals surface area contributed by atoms with E-state index in [0.29, 0.717) is 5.56 Å². The Balaban J connectivity index is 2.84. The van der Waals surface area contributed by atoms with Gasteiger partial charge in [-0.2, -0.15) is 0 Å². The Kier molecular flexibility index (Phi) is 4.37. The maximum absolute atomic E-state index is 13.0. The van der Waals surface area contributed by atoms with Crippen LogP contribution in [0, 0.1) is 11.6 Å². The number of hydrogen-bond acceptors (Lipinski definition) is 2. The van der Waals surface area contributed by atoms with Gasteiger partial charge in [-0.1, -0.05) is 0 Å². The number of rotatable bonds is 4. The lowest BCUT2D eigenvalue weighted by atomic mass is 10.0. The zero-order valence-electron chi connectivity index (χ0n) is 8.21. The summed E-state index contributed by atoms with van der Waals surface area (Å²) in [5.74, 6) is -2.96. The maximum Gasteiger partial charge on any atom is 0.303 e. The number of nitrogens with two attached hydrogens (primary N) is 1. The lowest BCUT2D eigenvalue weighted by molar-refractivity contribution is -0.137. The molecule has 0 aliphatic carbocycles. The highest BCUT2D eigenvalue weighted by atomic mass is 79.9. The zero-order valence-corrected chi connectivity index (χ0v) is 9.80. The number of halogens is 3. The van der Waals surface area contributed by atoms with Crippen LogP contribution in [0.25, 0.3) is 0 Å². The molecule has 0 heterocycles. The van der Waals surface area contributed by atoms with E-state index in [-0.39, 0.29) is 17.3 Å². The molecular formula is C10H10BrF2NO2. The third-order valence-corrected chi connectivity index (χ3v) is 2.68. The molecule has 0 aliphatic rings. The Morgan fingerprint density at radius 3 is 2.62 bits per heavy atom. The van der Waals surface area contributed by atoms with Gasteiger partial charge in [-0.05, 0) is 40.0 Å². The van der Waals surface area contributed by atoms with E-state index >= 15 is 0 Å². The smallest absolute Gasteiger partial charge is 0.303 e. The maximum atomic E-state index is 13.0. The van der Waals surface area contributed by atoms with Crippen molar-refractivity contribution in [1.29, 1.82) is 0 Å². The van der Waals surface area contributed by atoms with Gasteiger partial charge in [-0.15, -0.1) is 0 Å². The molecule has 6 heteroatoms. The van der Waals surface area contributed by atoms with E-state index in [9.17, 15) is 13.6 Å². The minimum absolute atomic E-state index is 0.0201. The molecule has 1 aromatic rings. The highest BCUT2D eigenvalue weighted by Gasteiger charge is 2.14. The van der Waals surface area contributed by atoms with Crippen LogP contribution in [0.4, 0.5) is 8.78 Å². The molecule has 88 valence electrons. The van der Waals surface area contributed by atoms with Crippen LogP contribution < -0.4 is 5.73 Å². The van der Waals surface area contributed by atoms with Gasteiger partial charge in [0.15, 0.2) is 11.6 Å². The summed E-state index contributed by atoms with van der Waals surface area (Å²) in [6.45, 7) is 0. The summed E-state index contributed by atoms with van der Waals surface area (Å²) >= 11 is 2.86. The average molecular weight is 294 g/mol. The van der Waals surface area contributed by atoms with Crippen molar-refractivity contribution in [3.05, 3.63) is 33.8 Å². The summed E-state index contributed by atoms with van der Waals surface area (Å²) in [5, 5.41) is 8.46. The van der Waals surface area contributed by atoms with Crippen molar-refractivity contribution in [2.45, 2.75) is 18.9 Å². The predicted octanol–water partition coefficient (Wildman–Crippen LogP) is 2.59. The fourth-order valence-corrected chi connectivity index (χ4v) is 1.69. The van der Waals surface area contributed by atoms with Crippen LogP contribution in [0.15, 0.2) is 16.6 Å². The molecule has 1 atom stereocenters. The van der Waals surface area contributed by atoms with Gasteiger partial charge in [0.05, 0.1) is 4.47 Å². The van der Waals surface area contributed by atoms with E-state index in [1.54, 1.807) is 0 Å². The molecule has 0 fully saturated rings. The number of carbonyl (C=O) groups is 1. The van der Waals surface area contributed by atoms with E-state index in [1.165, 1.54) is 6.07 Å². The number of carboxylic acid groups (broad SMARTS) is 1. The summed E-state index contributed by atoms with van der Waals surface area (Å²) < 4.78 is 25.9. The molecule has 1 aromatic carbocycles. The van der Waals surface area contributed by atoms with Gasteiger partial charge in [0, 0.05) is 12.5 Å². The third kappa shape index (κ3) is 3.24. The second-order valence-electron chi connectivity index (χ2n) is 3.34. The molecule has 0 aromatic heterocycles. The fourth-order valence-electron chi connectivity index (χ4n) is 1.23. The third-order valence-electron chi connectivity index (χ3n) is 2.10. The quantitative estimate of drug-likeness (QED) is 0.839. The van der Waals surface area contributed by atoms with Gasteiger partial charge in [0.2, 0.25) is 0 Å². The average Bonchev–Trinajstić information content (AvgIpc) is 2.21. The first-order valence-electron chi connectivity index (χ1n) is 4.53. The second-order valence-corrected chi connectivity index (χ2v) is 4.19. The van der Waals surface area contributed by atoms with Crippen LogP contribution in [-0.2, 0) is 4.79 Å². The van der Waals surface area contributed by atoms with Crippen LogP contribution in [0.5, 0.6) is 0 Å². The normalized spacial score (nSPS) is 12.5. The first-order chi connectivity index (χ1) is 7.41. The molecule has 3 nitrogen and oxygen atoms in total. The SMILES string of the molecule is NC(CCC(=O)O)c1cc(F)c(F)c(Br)c1. The van der Waals surface area contributed by atoms with E-state index in [1.807, 2.05) is 0 Å². The molecule has 0 spiro atoms. The van der Waals surface area contributed by atoms with Gasteiger partial charge in [0.1, 0.15) is 0 Å². The summed E-state index contributed by atoms with van der Waals surface area (Å²) in [5.41, 5.74) is 6.03. The van der Waals surface area contributed by atoms with Gasteiger partial charge < -0.3 is 10.8 Å². The first-order valence-corrected chi connectivity index (χ1v) is 5.33. The van der Waals surface area contributed by atoms with Crippen molar-refractivity contribution in [1.82, 2.24) is 0 Å². The van der Waals surface area contributed by atoms with Crippen molar-refractivity contribution in [2.75, 3.05) is 0 Å². The van der Waals surface area contributed by atoms with Gasteiger partial charge in [-0.3, -0.25) is 4.79 Å². The number of carboxylic acids is 1. The summed E-state index contributed by atoms with van der Waals surface area (Å²) in [4.78, 5) is 10.3. The molecule has 1 rings (SSSR count). The second kappa shape index (κ2) is 5.36. The van der Waals surface area contributed by atoms with E-state index in [2.05, 4.69) is 15.9 Å². The fraction of sp³-hybridized carbons (Fsp3) is 0.300. The van der Waals surface area contributed by atoms with Gasteiger partial charge >= 0.3 is 5.97 Å². The van der Waals surface area contributed by atoms with E-state index in [0.717, 1.165) is 6.07 Å². The highest BCUT2D eigenvalue weighted by molar-refractivity contribution is 9.10. The molecule has 1 unspecified atom stereocenters. The molecule has 0 aliphatic heterocycles. The van der Waals surface area contributed by atoms with Crippen molar-refractivity contribution in [3.63, 3.8) is 0 Å². The van der Waals surface area contributed by atoms with Crippen LogP contribution in [0.3, 0.4) is 0 Å². The number of hydrogen-bond donors (Lipinski definition) is 2. The summed E-state index contributed by atoms with van der Waals surface area (Å²) in [7, 11) is 0. The van der Waals surface area contributed by atoms with Crippen LogP contribution in [0.1, 0.15) is 24.4 Å². The summed E-state index contributed by atoms with van der Waals surface area (Å²) in [6.07, 6.45) is 0.0601. The van der Waals surface area contributed by atoms with Crippen LogP contribution in [-0.4, -0.2) is 11.1 Å². The predicted molar refractivity (Wildman–Crippen MR) is 57.9 cm³/mol. The Bertz CT molecular complexity index is 389. The van der Waals surface area contributed by atoms with E-state index < -0.39 is 23.6 Å². The highest BCUT2D eigenvalue weighted by Crippen LogP contribution is 2.25.